The molecule has 0 aromatic rings. The van der Waals surface area contributed by atoms with Crippen LogP contribution in [0.3, 0.4) is 0 Å². The summed E-state index contributed by atoms with van der Waals surface area (Å²) in [5, 5.41) is 110. The average molecular weight is 1800 g/mol. The first-order valence-corrected chi connectivity index (χ1v) is 41.6. The van der Waals surface area contributed by atoms with Gasteiger partial charge in [-0.1, -0.05) is 68.2 Å². The van der Waals surface area contributed by atoms with E-state index in [9.17, 15) is 131 Å². The highest BCUT2D eigenvalue weighted by Crippen LogP contribution is 2.18. The van der Waals surface area contributed by atoms with Gasteiger partial charge in [0.15, 0.2) is 5.96 Å². The van der Waals surface area contributed by atoms with Crippen molar-refractivity contribution in [2.75, 3.05) is 26.2 Å². The van der Waals surface area contributed by atoms with Gasteiger partial charge < -0.3 is 144 Å². The molecule has 0 fully saturated rings. The number of nitrogens with one attached hydrogen (secondary N) is 14. The van der Waals surface area contributed by atoms with Crippen LogP contribution in [0.25, 0.3) is 0 Å². The van der Waals surface area contributed by atoms with Crippen LogP contribution < -0.4 is 103 Å². The zero-order chi connectivity index (χ0) is 96.4. The number of aliphatic hydroxyl groups is 1. The minimum atomic E-state index is -1.97. The molecule has 0 aliphatic rings. The van der Waals surface area contributed by atoms with Crippen molar-refractivity contribution in [3.05, 3.63) is 0 Å². The molecular weight excluding hydrogens is 1670 g/mol. The zero-order valence-corrected chi connectivity index (χ0v) is 72.5. The number of unbranched alkanes of at least 4 members (excludes halogenated alkanes) is 2. The summed E-state index contributed by atoms with van der Waals surface area (Å²) in [6.07, 6.45) is -7.84. The van der Waals surface area contributed by atoms with Crippen molar-refractivity contribution in [1.29, 1.82) is 0 Å². The van der Waals surface area contributed by atoms with Gasteiger partial charge in [-0.3, -0.25) is 101 Å². The Balaban J connectivity index is 7.35. The number of carbonyl (C=O) groups is 21. The molecule has 0 aliphatic carbocycles. The van der Waals surface area contributed by atoms with E-state index in [0.717, 1.165) is 6.92 Å². The highest BCUT2D eigenvalue weighted by atomic mass is 16.4. The molecule has 0 unspecified atom stereocenters. The summed E-state index contributed by atoms with van der Waals surface area (Å²) < 4.78 is 0. The number of nitrogens with two attached hydrogens (primary N) is 5. The Labute approximate surface area is 728 Å². The second kappa shape index (κ2) is 60.5. The number of carboxylic acid groups (broad SMARTS) is 7. The highest BCUT2D eigenvalue weighted by Gasteiger charge is 2.40. The normalized spacial score (nSPS) is 15.2. The van der Waals surface area contributed by atoms with Crippen LogP contribution in [0, 0.1) is 23.7 Å². The van der Waals surface area contributed by atoms with E-state index in [2.05, 4.69) is 74.1 Å². The van der Waals surface area contributed by atoms with Crippen molar-refractivity contribution in [3.63, 3.8) is 0 Å². The van der Waals surface area contributed by atoms with Gasteiger partial charge in [0.25, 0.3) is 0 Å². The molecule has 14 amide bonds. The number of amides is 14. The summed E-state index contributed by atoms with van der Waals surface area (Å²) in [5.74, 6) is -28.8. The number of aliphatic imine (C=N–C) groups is 1. The van der Waals surface area contributed by atoms with Gasteiger partial charge in [-0.2, -0.15) is 0 Å². The number of hydrogen-bond acceptors (Lipinski definition) is 26. The van der Waals surface area contributed by atoms with Crippen LogP contribution in [-0.4, -0.2) is 288 Å². The molecule has 17 atom stereocenters. The minimum Gasteiger partial charge on any atom is -0.481 e. The molecule has 0 radical (unpaired) electrons. The van der Waals surface area contributed by atoms with Crippen LogP contribution in [0.5, 0.6) is 0 Å². The smallest absolute Gasteiger partial charge is 0.326 e. The molecule has 0 rings (SSSR count). The SMILES string of the molecule is CC[C@H](C)[C@H](NC(=O)[C@H](CCCCN)NC(=O)[C@H](CCC(=O)O)NC(=O)[C@H](CC(C)C)NC(=O)[C@@H](N)CCC(=O)O)C(=O)N[C@H](C(=O)N[C@@H](C)C(=O)N[C@@H](CCC(=O)O)C(=O)N[C@@H](CCCCN)C(=O)N[C@@H](CCC(=O)O)C(=O)N[C@@H](CCC(=O)O)C(=O)N[C@@H](CCCN=C(N)N)C(=O)N[C@H](C(=O)N[C@@H](CO)C(=O)N[C@@H](CCC(=O)O)C(=O)O)C(C)C)[C@@H](C)CC. The lowest BCUT2D eigenvalue weighted by atomic mass is 9.94. The Morgan fingerprint density at radius 3 is 0.897 bits per heavy atom. The molecule has 0 aromatic heterocycles. The lowest BCUT2D eigenvalue weighted by Crippen LogP contribution is -2.62. The number of carbonyl (C=O) groups excluding carboxylic acids is 14. The number of aliphatic carboxylic acids is 7. The molecule has 49 heteroatoms. The fourth-order valence-corrected chi connectivity index (χ4v) is 12.1. The van der Waals surface area contributed by atoms with Crippen molar-refractivity contribution in [1.82, 2.24) is 74.4 Å². The van der Waals surface area contributed by atoms with Crippen molar-refractivity contribution in [3.8, 4) is 0 Å². The first-order chi connectivity index (χ1) is 59.0. The van der Waals surface area contributed by atoms with Crippen LogP contribution in [0.1, 0.15) is 210 Å². The average Bonchev–Trinajstić information content (AvgIpc) is 0.850. The number of carboxylic acids is 7. The van der Waals surface area contributed by atoms with Crippen molar-refractivity contribution < 1.29 is 142 Å². The van der Waals surface area contributed by atoms with E-state index in [1.807, 2.05) is 5.32 Å². The van der Waals surface area contributed by atoms with Gasteiger partial charge in [-0.15, -0.1) is 0 Å². The summed E-state index contributed by atoms with van der Waals surface area (Å²) in [6.45, 7) is 12.7. The van der Waals surface area contributed by atoms with Crippen molar-refractivity contribution >= 4 is 130 Å². The molecule has 714 valence electrons. The summed E-state index contributed by atoms with van der Waals surface area (Å²) in [6, 6.07) is -25.0. The minimum absolute atomic E-state index is 0.0208. The molecule has 0 saturated heterocycles. The van der Waals surface area contributed by atoms with Gasteiger partial charge in [0.2, 0.25) is 82.7 Å². The molecular formula is C77H132N20O29. The highest BCUT2D eigenvalue weighted by molar-refractivity contribution is 6.01. The van der Waals surface area contributed by atoms with Gasteiger partial charge in [-0.25, -0.2) is 4.79 Å². The first kappa shape index (κ1) is 114. The Bertz CT molecular complexity index is 3720. The van der Waals surface area contributed by atoms with Crippen LogP contribution >= 0.6 is 0 Å². The molecule has 0 bridgehead atoms. The van der Waals surface area contributed by atoms with Gasteiger partial charge in [0.1, 0.15) is 84.6 Å². The predicted octanol–water partition coefficient (Wildman–Crippen LogP) is -6.51. The maximum absolute atomic E-state index is 14.6. The number of rotatable bonds is 67. The lowest BCUT2D eigenvalue weighted by Gasteiger charge is -2.31. The Morgan fingerprint density at radius 1 is 0.302 bits per heavy atom. The molecule has 49 nitrogen and oxygen atoms in total. The molecule has 0 spiro atoms. The molecule has 0 aliphatic heterocycles. The Kier molecular flexibility index (Phi) is 54.8. The fraction of sp³-hybridized carbons (Fsp3) is 0.714. The van der Waals surface area contributed by atoms with E-state index in [1.165, 1.54) is 13.8 Å². The largest absolute Gasteiger partial charge is 0.481 e. The third kappa shape index (κ3) is 46.1. The molecule has 0 aromatic carbocycles. The summed E-state index contributed by atoms with van der Waals surface area (Å²) in [4.78, 5) is 284. The van der Waals surface area contributed by atoms with Gasteiger partial charge >= 0.3 is 41.8 Å². The lowest BCUT2D eigenvalue weighted by molar-refractivity contribution is -0.144. The standard InChI is InChI=1S/C77H132N20O29/c1-10-39(7)60(97-75(124)61(40(8)11-2)96-70(119)44(18-13-15-33-79)87-67(116)49(24-30-57(107)108)91-71(120)51(35-37(3)4)93-63(112)42(80)20-26-53(99)100)74(123)84-41(9)62(111)85-46(21-27-54(101)102)65(114)86-43(17-12-14-32-78)64(113)89-48(23-29-56(105)106)68(117)90-47(22-28-55(103)104)66(115)88-45(19-16-34-83-77(81)82)69(118)95-59(38(5)6)73(122)94-52(36-98)72(121)92-50(76(125)126)25-31-58(109)110/h37-52,59-61,98H,10-36,78-80H2,1-9H3,(H,84,123)(H,85,111)(H,86,114)(H,87,116)(H,88,115)(H,89,113)(H,90,117)(H,91,120)(H,92,121)(H,93,112)(H,94,122)(H,95,118)(H,96,119)(H,97,124)(H,99,100)(H,101,102)(H,103,104)(H,105,106)(H,107,108)(H,109,110)(H,125,126)(H4,81,82,83)/t39-,40-,41-,42-,43-,44-,45-,46-,47-,48-,49-,50-,51-,52-,59-,60-,61-/m0/s1. The van der Waals surface area contributed by atoms with Gasteiger partial charge in [0, 0.05) is 45.1 Å². The van der Waals surface area contributed by atoms with Crippen LogP contribution in [0.4, 0.5) is 0 Å². The first-order valence-electron chi connectivity index (χ1n) is 41.6. The van der Waals surface area contributed by atoms with E-state index in [1.54, 1.807) is 41.5 Å². The maximum atomic E-state index is 14.6. The van der Waals surface area contributed by atoms with E-state index >= 15 is 0 Å². The number of nitrogens with zero attached hydrogens (tertiary/aromatic N) is 1. The van der Waals surface area contributed by atoms with Crippen LogP contribution in [0.2, 0.25) is 0 Å². The molecule has 0 heterocycles. The third-order valence-corrected chi connectivity index (χ3v) is 19.9. The summed E-state index contributed by atoms with van der Waals surface area (Å²) in [7, 11) is 0. The maximum Gasteiger partial charge on any atom is 0.326 e. The van der Waals surface area contributed by atoms with E-state index in [0.29, 0.717) is 6.42 Å². The third-order valence-electron chi connectivity index (χ3n) is 19.9. The van der Waals surface area contributed by atoms with Gasteiger partial charge in [-0.05, 0) is 140 Å². The molecule has 32 N–H and O–H groups in total. The topological polar surface area (TPSA) is 831 Å². The van der Waals surface area contributed by atoms with Crippen LogP contribution in [-0.2, 0) is 101 Å². The van der Waals surface area contributed by atoms with E-state index in [-0.39, 0.29) is 96.2 Å². The van der Waals surface area contributed by atoms with Gasteiger partial charge in [0.05, 0.1) is 12.6 Å². The molecule has 126 heavy (non-hydrogen) atoms. The number of hydrogen-bond donors (Lipinski definition) is 27. The second-order valence-corrected chi connectivity index (χ2v) is 31.2. The van der Waals surface area contributed by atoms with Crippen LogP contribution in [0.15, 0.2) is 4.99 Å². The predicted molar refractivity (Wildman–Crippen MR) is 446 cm³/mol. The second-order valence-electron chi connectivity index (χ2n) is 31.2. The van der Waals surface area contributed by atoms with E-state index < -0.39 is 316 Å². The zero-order valence-electron chi connectivity index (χ0n) is 72.5. The quantitative estimate of drug-likeness (QED) is 0.0153. The Morgan fingerprint density at radius 2 is 0.571 bits per heavy atom. The number of aliphatic hydroxyl groups excluding tert-OH is 1. The summed E-state index contributed by atoms with van der Waals surface area (Å²) >= 11 is 0. The Hall–Kier alpha value is -12.0. The molecule has 0 saturated carbocycles. The van der Waals surface area contributed by atoms with E-state index in [4.69, 9.17) is 38.9 Å². The van der Waals surface area contributed by atoms with Crippen molar-refractivity contribution in [2.24, 2.45) is 57.3 Å². The number of guanidine groups is 1. The van der Waals surface area contributed by atoms with Crippen molar-refractivity contribution in [2.45, 2.75) is 301 Å². The summed E-state index contributed by atoms with van der Waals surface area (Å²) in [5.41, 5.74) is 28.4. The fourth-order valence-electron chi connectivity index (χ4n) is 12.1. The monoisotopic (exact) mass is 1800 g/mol.